The molecule has 0 amide bonds. The van der Waals surface area contributed by atoms with Crippen LogP contribution in [0.4, 0.5) is 0 Å². The minimum atomic E-state index is 0. The molecule has 3 N–H and O–H groups in total. The van der Waals surface area contributed by atoms with Crippen molar-refractivity contribution in [3.05, 3.63) is 59.7 Å². The maximum Gasteiger partial charge on any atom is 0.191 e. The first-order valence-electron chi connectivity index (χ1n) is 10.4. The van der Waals surface area contributed by atoms with Crippen LogP contribution < -0.4 is 15.4 Å². The van der Waals surface area contributed by atoms with E-state index in [0.717, 1.165) is 43.5 Å². The van der Waals surface area contributed by atoms with Gasteiger partial charge in [-0.05, 0) is 68.2 Å². The molecule has 0 aromatic heterocycles. The zero-order valence-corrected chi connectivity index (χ0v) is 20.1. The summed E-state index contributed by atoms with van der Waals surface area (Å²) in [6, 6.07) is 15.8. The maximum absolute atomic E-state index is 9.44. The number of hydrogen-bond donors (Lipinski definition) is 3. The van der Waals surface area contributed by atoms with Crippen molar-refractivity contribution in [1.82, 2.24) is 15.5 Å². The maximum atomic E-state index is 9.44. The van der Waals surface area contributed by atoms with E-state index in [1.165, 1.54) is 18.4 Å². The quantitative estimate of drug-likeness (QED) is 0.278. The minimum absolute atomic E-state index is 0. The van der Waals surface area contributed by atoms with Crippen molar-refractivity contribution in [3.63, 3.8) is 0 Å². The third-order valence-electron chi connectivity index (χ3n) is 5.25. The summed E-state index contributed by atoms with van der Waals surface area (Å²) in [4.78, 5) is 7.25. The van der Waals surface area contributed by atoms with Crippen LogP contribution in [-0.4, -0.2) is 49.3 Å². The van der Waals surface area contributed by atoms with Crippen LogP contribution in [0, 0.1) is 0 Å². The first kappa shape index (κ1) is 24.3. The average molecular weight is 524 g/mol. The predicted molar refractivity (Wildman–Crippen MR) is 133 cm³/mol. The molecular formula is C23H33IN4O2. The molecule has 1 unspecified atom stereocenters. The molecule has 0 radical (unpaired) electrons. The highest BCUT2D eigenvalue weighted by atomic mass is 127. The summed E-state index contributed by atoms with van der Waals surface area (Å²) in [5.41, 5.74) is 2.35. The van der Waals surface area contributed by atoms with E-state index in [4.69, 9.17) is 9.73 Å². The summed E-state index contributed by atoms with van der Waals surface area (Å²) in [5, 5.41) is 16.3. The van der Waals surface area contributed by atoms with Gasteiger partial charge in [0.15, 0.2) is 5.96 Å². The number of benzene rings is 2. The molecule has 1 atom stereocenters. The van der Waals surface area contributed by atoms with Gasteiger partial charge in [-0.3, -0.25) is 4.90 Å². The predicted octanol–water partition coefficient (Wildman–Crippen LogP) is 3.91. The zero-order valence-electron chi connectivity index (χ0n) is 17.8. The van der Waals surface area contributed by atoms with Crippen LogP contribution in [0.15, 0.2) is 53.5 Å². The van der Waals surface area contributed by atoms with E-state index < -0.39 is 0 Å². The molecule has 2 aromatic rings. The number of nitrogens with zero attached hydrogens (tertiary/aromatic N) is 2. The first-order chi connectivity index (χ1) is 14.2. The number of nitrogens with one attached hydrogen (secondary N) is 2. The fraction of sp³-hybridized carbons (Fsp3) is 0.435. The SMILES string of the molecule is CCNC(=NCc1ccc(O)cc1)NCC(c1ccc(OC)cc1)N1CCCC1.I. The van der Waals surface area contributed by atoms with Crippen molar-refractivity contribution in [2.24, 2.45) is 4.99 Å². The molecule has 0 spiro atoms. The Labute approximate surface area is 196 Å². The summed E-state index contributed by atoms with van der Waals surface area (Å²) < 4.78 is 5.31. The Bertz CT molecular complexity index is 775. The Morgan fingerprint density at radius 2 is 1.73 bits per heavy atom. The number of phenolic OH excluding ortho intramolecular Hbond substituents is 1. The second-order valence-corrected chi connectivity index (χ2v) is 7.27. The van der Waals surface area contributed by atoms with E-state index in [9.17, 15) is 5.11 Å². The lowest BCUT2D eigenvalue weighted by Crippen LogP contribution is -2.42. The number of halogens is 1. The largest absolute Gasteiger partial charge is 0.508 e. The number of likely N-dealkylation sites (tertiary alicyclic amines) is 1. The lowest BCUT2D eigenvalue weighted by atomic mass is 10.1. The second kappa shape index (κ2) is 12.6. The number of aromatic hydroxyl groups is 1. The molecule has 1 aliphatic rings. The highest BCUT2D eigenvalue weighted by molar-refractivity contribution is 14.0. The fourth-order valence-corrected chi connectivity index (χ4v) is 3.64. The van der Waals surface area contributed by atoms with E-state index in [0.29, 0.717) is 12.6 Å². The Morgan fingerprint density at radius 1 is 1.07 bits per heavy atom. The molecule has 7 heteroatoms. The summed E-state index contributed by atoms with van der Waals surface area (Å²) in [7, 11) is 1.70. The van der Waals surface area contributed by atoms with Crippen LogP contribution in [0.5, 0.6) is 11.5 Å². The van der Waals surface area contributed by atoms with Gasteiger partial charge in [0, 0.05) is 13.1 Å². The number of ether oxygens (including phenoxy) is 1. The number of phenols is 1. The molecule has 0 bridgehead atoms. The van der Waals surface area contributed by atoms with Crippen LogP contribution in [0.3, 0.4) is 0 Å². The van der Waals surface area contributed by atoms with Crippen molar-refractivity contribution in [2.45, 2.75) is 32.4 Å². The molecule has 30 heavy (non-hydrogen) atoms. The van der Waals surface area contributed by atoms with Crippen LogP contribution in [0.2, 0.25) is 0 Å². The Kier molecular flexibility index (Phi) is 10.2. The molecule has 6 nitrogen and oxygen atoms in total. The third kappa shape index (κ3) is 7.05. The van der Waals surface area contributed by atoms with E-state index in [1.54, 1.807) is 19.2 Å². The number of guanidine groups is 1. The molecule has 0 aliphatic carbocycles. The fourth-order valence-electron chi connectivity index (χ4n) is 3.64. The van der Waals surface area contributed by atoms with Gasteiger partial charge in [0.05, 0.1) is 19.7 Å². The lowest BCUT2D eigenvalue weighted by molar-refractivity contribution is 0.245. The Balaban J connectivity index is 0.00000320. The molecule has 1 heterocycles. The number of methoxy groups -OCH3 is 1. The van der Waals surface area contributed by atoms with Gasteiger partial charge in [-0.25, -0.2) is 4.99 Å². The van der Waals surface area contributed by atoms with Crippen molar-refractivity contribution in [1.29, 1.82) is 0 Å². The van der Waals surface area contributed by atoms with Crippen molar-refractivity contribution in [3.8, 4) is 11.5 Å². The highest BCUT2D eigenvalue weighted by Gasteiger charge is 2.23. The number of hydrogen-bond acceptors (Lipinski definition) is 4. The van der Waals surface area contributed by atoms with Crippen molar-refractivity contribution in [2.75, 3.05) is 33.3 Å². The Morgan fingerprint density at radius 3 is 2.33 bits per heavy atom. The normalized spacial score (nSPS) is 15.3. The van der Waals surface area contributed by atoms with Gasteiger partial charge in [0.25, 0.3) is 0 Å². The minimum Gasteiger partial charge on any atom is -0.508 e. The molecular weight excluding hydrogens is 491 g/mol. The monoisotopic (exact) mass is 524 g/mol. The van der Waals surface area contributed by atoms with Gasteiger partial charge >= 0.3 is 0 Å². The van der Waals surface area contributed by atoms with Crippen LogP contribution >= 0.6 is 24.0 Å². The van der Waals surface area contributed by atoms with Crippen LogP contribution in [0.25, 0.3) is 0 Å². The van der Waals surface area contributed by atoms with E-state index in [1.807, 2.05) is 24.3 Å². The van der Waals surface area contributed by atoms with Gasteiger partial charge in [0.1, 0.15) is 11.5 Å². The zero-order chi connectivity index (χ0) is 20.5. The summed E-state index contributed by atoms with van der Waals surface area (Å²) >= 11 is 0. The summed E-state index contributed by atoms with van der Waals surface area (Å²) in [6.07, 6.45) is 2.50. The molecule has 3 rings (SSSR count). The number of aliphatic imine (C=N–C) groups is 1. The van der Waals surface area contributed by atoms with Gasteiger partial charge in [-0.15, -0.1) is 24.0 Å². The molecule has 1 aliphatic heterocycles. The van der Waals surface area contributed by atoms with Gasteiger partial charge < -0.3 is 20.5 Å². The average Bonchev–Trinajstić information content (AvgIpc) is 3.28. The Hall–Kier alpha value is -2.00. The summed E-state index contributed by atoms with van der Waals surface area (Å²) in [5.74, 6) is 1.96. The van der Waals surface area contributed by atoms with Crippen LogP contribution in [-0.2, 0) is 6.54 Å². The van der Waals surface area contributed by atoms with Gasteiger partial charge in [-0.1, -0.05) is 24.3 Å². The smallest absolute Gasteiger partial charge is 0.191 e. The van der Waals surface area contributed by atoms with Gasteiger partial charge in [-0.2, -0.15) is 0 Å². The molecule has 1 fully saturated rings. The van der Waals surface area contributed by atoms with E-state index in [-0.39, 0.29) is 29.7 Å². The third-order valence-corrected chi connectivity index (χ3v) is 5.25. The second-order valence-electron chi connectivity index (χ2n) is 7.27. The standard InChI is InChI=1S/C23H32N4O2.HI/c1-3-24-23(25-16-18-6-10-20(28)11-7-18)26-17-22(27-14-4-5-15-27)19-8-12-21(29-2)13-9-19;/h6-13,22,28H,3-5,14-17H2,1-2H3,(H2,24,25,26);1H. The van der Waals surface area contributed by atoms with Crippen molar-refractivity contribution < 1.29 is 9.84 Å². The molecule has 1 saturated heterocycles. The lowest BCUT2D eigenvalue weighted by Gasteiger charge is -2.29. The van der Waals surface area contributed by atoms with E-state index in [2.05, 4.69) is 34.6 Å². The summed E-state index contributed by atoms with van der Waals surface area (Å²) in [6.45, 7) is 6.47. The van der Waals surface area contributed by atoms with Crippen molar-refractivity contribution >= 4 is 29.9 Å². The number of rotatable bonds is 8. The molecule has 2 aromatic carbocycles. The van der Waals surface area contributed by atoms with Gasteiger partial charge in [0.2, 0.25) is 0 Å². The van der Waals surface area contributed by atoms with E-state index >= 15 is 0 Å². The molecule has 0 saturated carbocycles. The topological polar surface area (TPSA) is 69.1 Å². The molecule has 164 valence electrons. The first-order valence-corrected chi connectivity index (χ1v) is 10.4. The van der Waals surface area contributed by atoms with Crippen LogP contribution in [0.1, 0.15) is 36.9 Å². The highest BCUT2D eigenvalue weighted by Crippen LogP contribution is 2.26.